The van der Waals surface area contributed by atoms with E-state index in [1.165, 1.54) is 6.42 Å². The molecule has 7 heteroatoms. The Hall–Kier alpha value is -1.60. The number of aliphatic imine (C=N–C) groups is 1. The molecule has 0 amide bonds. The summed E-state index contributed by atoms with van der Waals surface area (Å²) in [6.07, 6.45) is 7.04. The molecule has 0 saturated heterocycles. The lowest BCUT2D eigenvalue weighted by Crippen LogP contribution is -2.39. The molecule has 0 saturated carbocycles. The summed E-state index contributed by atoms with van der Waals surface area (Å²) in [5.74, 6) is 0.799. The molecule has 7 nitrogen and oxygen atoms in total. The Kier molecular flexibility index (Phi) is 11.9. The molecule has 1 aromatic rings. The standard InChI is InChI=1S/C16H31N5O2/c1-3-4-12-22-14-15-23-13-9-19-16(17-2)18-7-5-10-21-11-6-8-20-21/h6,8,11H,3-5,7,9-10,12-15H2,1-2H3,(H2,17,18,19). The van der Waals surface area contributed by atoms with Crippen LogP contribution in [0.4, 0.5) is 0 Å². The van der Waals surface area contributed by atoms with Crippen LogP contribution in [0.3, 0.4) is 0 Å². The van der Waals surface area contributed by atoms with Crippen molar-refractivity contribution >= 4 is 5.96 Å². The number of nitrogens with one attached hydrogen (secondary N) is 2. The smallest absolute Gasteiger partial charge is 0.191 e. The Morgan fingerprint density at radius 2 is 1.87 bits per heavy atom. The molecule has 0 aromatic carbocycles. The van der Waals surface area contributed by atoms with Crippen molar-refractivity contribution in [3.8, 4) is 0 Å². The third-order valence-corrected chi connectivity index (χ3v) is 3.19. The van der Waals surface area contributed by atoms with Gasteiger partial charge in [0.15, 0.2) is 5.96 Å². The fourth-order valence-electron chi connectivity index (χ4n) is 1.91. The summed E-state index contributed by atoms with van der Waals surface area (Å²) in [7, 11) is 1.77. The fourth-order valence-corrected chi connectivity index (χ4v) is 1.91. The zero-order chi connectivity index (χ0) is 16.6. The summed E-state index contributed by atoms with van der Waals surface area (Å²) in [6.45, 7) is 7.42. The zero-order valence-corrected chi connectivity index (χ0v) is 14.5. The lowest BCUT2D eigenvalue weighted by Gasteiger charge is -2.12. The molecule has 0 aliphatic rings. The molecule has 2 N–H and O–H groups in total. The number of unbranched alkanes of at least 4 members (excludes halogenated alkanes) is 1. The largest absolute Gasteiger partial charge is 0.379 e. The highest BCUT2D eigenvalue weighted by atomic mass is 16.5. The van der Waals surface area contributed by atoms with Gasteiger partial charge in [-0.15, -0.1) is 0 Å². The number of ether oxygens (including phenoxy) is 2. The van der Waals surface area contributed by atoms with Crippen molar-refractivity contribution in [2.75, 3.05) is 46.6 Å². The topological polar surface area (TPSA) is 72.7 Å². The molecule has 0 atom stereocenters. The van der Waals surface area contributed by atoms with Gasteiger partial charge < -0.3 is 20.1 Å². The molecule has 1 rings (SSSR count). The number of rotatable bonds is 13. The molecule has 0 spiro atoms. The van der Waals surface area contributed by atoms with Crippen molar-refractivity contribution in [1.82, 2.24) is 20.4 Å². The first-order valence-corrected chi connectivity index (χ1v) is 8.44. The average molecular weight is 325 g/mol. The Labute approximate surface area is 139 Å². The van der Waals surface area contributed by atoms with E-state index in [2.05, 4.69) is 27.6 Å². The van der Waals surface area contributed by atoms with Gasteiger partial charge in [0.1, 0.15) is 0 Å². The van der Waals surface area contributed by atoms with Crippen LogP contribution in [0, 0.1) is 0 Å². The van der Waals surface area contributed by atoms with Crippen molar-refractivity contribution in [3.63, 3.8) is 0 Å². The van der Waals surface area contributed by atoms with E-state index in [-0.39, 0.29) is 0 Å². The number of hydrogen-bond acceptors (Lipinski definition) is 4. The third kappa shape index (κ3) is 10.7. The number of guanidine groups is 1. The first-order valence-electron chi connectivity index (χ1n) is 8.44. The van der Waals surface area contributed by atoms with Crippen LogP contribution in [0.1, 0.15) is 26.2 Å². The Morgan fingerprint density at radius 1 is 1.09 bits per heavy atom. The third-order valence-electron chi connectivity index (χ3n) is 3.19. The summed E-state index contributed by atoms with van der Waals surface area (Å²) in [6, 6.07) is 1.93. The Balaban J connectivity index is 1.91. The number of aryl methyl sites for hydroxylation is 1. The van der Waals surface area contributed by atoms with Crippen molar-refractivity contribution in [3.05, 3.63) is 18.5 Å². The molecule has 1 heterocycles. The predicted molar refractivity (Wildman–Crippen MR) is 92.8 cm³/mol. The minimum atomic E-state index is 0.640. The minimum Gasteiger partial charge on any atom is -0.379 e. The van der Waals surface area contributed by atoms with Gasteiger partial charge in [-0.1, -0.05) is 13.3 Å². The van der Waals surface area contributed by atoms with Crippen LogP contribution in [0.15, 0.2) is 23.5 Å². The summed E-state index contributed by atoms with van der Waals surface area (Å²) in [4.78, 5) is 4.18. The van der Waals surface area contributed by atoms with Gasteiger partial charge in [0.25, 0.3) is 0 Å². The van der Waals surface area contributed by atoms with E-state index in [0.29, 0.717) is 19.8 Å². The molecule has 0 unspecified atom stereocenters. The second-order valence-corrected chi connectivity index (χ2v) is 5.13. The van der Waals surface area contributed by atoms with E-state index in [4.69, 9.17) is 9.47 Å². The molecule has 0 bridgehead atoms. The number of nitrogens with zero attached hydrogens (tertiary/aromatic N) is 3. The molecule has 0 aliphatic carbocycles. The monoisotopic (exact) mass is 325 g/mol. The van der Waals surface area contributed by atoms with E-state index in [1.807, 2.05) is 16.9 Å². The second kappa shape index (κ2) is 14.0. The van der Waals surface area contributed by atoms with Crippen molar-refractivity contribution < 1.29 is 9.47 Å². The number of hydrogen-bond donors (Lipinski definition) is 2. The van der Waals surface area contributed by atoms with Gasteiger partial charge in [-0.05, 0) is 18.9 Å². The van der Waals surface area contributed by atoms with E-state index >= 15 is 0 Å². The van der Waals surface area contributed by atoms with Gasteiger partial charge in [0, 0.05) is 45.7 Å². The second-order valence-electron chi connectivity index (χ2n) is 5.13. The van der Waals surface area contributed by atoms with Crippen molar-refractivity contribution in [1.29, 1.82) is 0 Å². The highest BCUT2D eigenvalue weighted by Crippen LogP contribution is 1.88. The molecule has 0 aliphatic heterocycles. The molecule has 0 fully saturated rings. The highest BCUT2D eigenvalue weighted by Gasteiger charge is 1.97. The SMILES string of the molecule is CCCCOCCOCCNC(=NC)NCCCn1cccn1. The van der Waals surface area contributed by atoms with Crippen molar-refractivity contribution in [2.45, 2.75) is 32.7 Å². The van der Waals surface area contributed by atoms with Crippen LogP contribution in [-0.4, -0.2) is 62.3 Å². The van der Waals surface area contributed by atoms with E-state index < -0.39 is 0 Å². The first-order chi connectivity index (χ1) is 11.4. The maximum atomic E-state index is 5.50. The Morgan fingerprint density at radius 3 is 2.57 bits per heavy atom. The Bertz CT molecular complexity index is 395. The minimum absolute atomic E-state index is 0.640. The molecule has 132 valence electrons. The molecule has 1 aromatic heterocycles. The van der Waals surface area contributed by atoms with Crippen LogP contribution in [0.25, 0.3) is 0 Å². The quantitative estimate of drug-likeness (QED) is 0.325. The summed E-state index contributed by atoms with van der Waals surface area (Å²) < 4.78 is 12.9. The summed E-state index contributed by atoms with van der Waals surface area (Å²) in [5, 5.41) is 10.7. The fraction of sp³-hybridized carbons (Fsp3) is 0.750. The zero-order valence-electron chi connectivity index (χ0n) is 14.5. The van der Waals surface area contributed by atoms with E-state index in [0.717, 1.165) is 45.0 Å². The average Bonchev–Trinajstić information content (AvgIpc) is 3.08. The summed E-state index contributed by atoms with van der Waals surface area (Å²) >= 11 is 0. The van der Waals surface area contributed by atoms with Crippen LogP contribution in [-0.2, 0) is 16.0 Å². The molecule has 23 heavy (non-hydrogen) atoms. The van der Waals surface area contributed by atoms with Gasteiger partial charge in [0.05, 0.1) is 19.8 Å². The van der Waals surface area contributed by atoms with Gasteiger partial charge in [-0.25, -0.2) is 0 Å². The molecule has 0 radical (unpaired) electrons. The van der Waals surface area contributed by atoms with Crippen LogP contribution < -0.4 is 10.6 Å². The van der Waals surface area contributed by atoms with Gasteiger partial charge in [0.2, 0.25) is 0 Å². The first kappa shape index (κ1) is 19.4. The predicted octanol–water partition coefficient (Wildman–Crippen LogP) is 1.27. The van der Waals surface area contributed by atoms with Crippen LogP contribution in [0.2, 0.25) is 0 Å². The maximum absolute atomic E-state index is 5.50. The normalized spacial score (nSPS) is 11.7. The van der Waals surface area contributed by atoms with Gasteiger partial charge >= 0.3 is 0 Å². The van der Waals surface area contributed by atoms with Crippen LogP contribution >= 0.6 is 0 Å². The summed E-state index contributed by atoms with van der Waals surface area (Å²) in [5.41, 5.74) is 0. The lowest BCUT2D eigenvalue weighted by molar-refractivity contribution is 0.0487. The molecular weight excluding hydrogens is 294 g/mol. The lowest BCUT2D eigenvalue weighted by atomic mass is 10.4. The van der Waals surface area contributed by atoms with Gasteiger partial charge in [-0.3, -0.25) is 9.67 Å². The van der Waals surface area contributed by atoms with E-state index in [9.17, 15) is 0 Å². The van der Waals surface area contributed by atoms with Crippen molar-refractivity contribution in [2.24, 2.45) is 4.99 Å². The van der Waals surface area contributed by atoms with Gasteiger partial charge in [-0.2, -0.15) is 5.10 Å². The maximum Gasteiger partial charge on any atom is 0.191 e. The van der Waals surface area contributed by atoms with Crippen LogP contribution in [0.5, 0.6) is 0 Å². The number of aromatic nitrogens is 2. The van der Waals surface area contributed by atoms with E-state index in [1.54, 1.807) is 13.2 Å². The highest BCUT2D eigenvalue weighted by molar-refractivity contribution is 5.79. The molecular formula is C16H31N5O2.